The zero-order valence-corrected chi connectivity index (χ0v) is 17.3. The van der Waals surface area contributed by atoms with E-state index < -0.39 is 20.7 Å². The molecule has 1 fully saturated rings. The molecule has 2 aliphatic heterocycles. The van der Waals surface area contributed by atoms with Crippen LogP contribution in [0, 0.1) is 10.1 Å². The lowest BCUT2D eigenvalue weighted by Gasteiger charge is -2.25. The van der Waals surface area contributed by atoms with Crippen LogP contribution in [0.1, 0.15) is 28.8 Å². The first-order valence-electron chi connectivity index (χ1n) is 9.73. The van der Waals surface area contributed by atoms with E-state index in [0.29, 0.717) is 30.0 Å². The van der Waals surface area contributed by atoms with E-state index in [9.17, 15) is 23.3 Å². The number of hydrogen-bond acceptors (Lipinski definition) is 8. The lowest BCUT2D eigenvalue weighted by Crippen LogP contribution is -2.33. The number of carbonyl (C=O) groups excluding carboxylic acids is 1. The summed E-state index contributed by atoms with van der Waals surface area (Å²) in [6, 6.07) is 9.19. The van der Waals surface area contributed by atoms with E-state index in [-0.39, 0.29) is 42.1 Å². The molecular formula is C20H21N3O7S. The van der Waals surface area contributed by atoms with E-state index in [2.05, 4.69) is 10.6 Å². The van der Waals surface area contributed by atoms with Crippen molar-refractivity contribution in [3.8, 4) is 11.5 Å². The van der Waals surface area contributed by atoms with Gasteiger partial charge in [0.1, 0.15) is 9.84 Å². The summed E-state index contributed by atoms with van der Waals surface area (Å²) in [5.41, 5.74) is 1.14. The third-order valence-electron chi connectivity index (χ3n) is 5.26. The van der Waals surface area contributed by atoms with Gasteiger partial charge in [-0.25, -0.2) is 8.42 Å². The lowest BCUT2D eigenvalue weighted by atomic mass is 10.1. The highest BCUT2D eigenvalue weighted by molar-refractivity contribution is 7.91. The molecule has 2 N–H and O–H groups in total. The predicted molar refractivity (Wildman–Crippen MR) is 112 cm³/mol. The fourth-order valence-corrected chi connectivity index (χ4v) is 5.03. The van der Waals surface area contributed by atoms with Gasteiger partial charge in [0.2, 0.25) is 6.79 Å². The molecule has 0 unspecified atom stereocenters. The Balaban J connectivity index is 1.50. The molecule has 2 aromatic carbocycles. The molecule has 164 valence electrons. The summed E-state index contributed by atoms with van der Waals surface area (Å²) in [4.78, 5) is 23.5. The molecule has 0 atom stereocenters. The Morgan fingerprint density at radius 3 is 2.58 bits per heavy atom. The number of amides is 1. The second-order valence-electron chi connectivity index (χ2n) is 7.43. The first-order chi connectivity index (χ1) is 14.8. The number of anilines is 1. The van der Waals surface area contributed by atoms with Crippen molar-refractivity contribution in [2.75, 3.05) is 23.6 Å². The van der Waals surface area contributed by atoms with E-state index in [1.54, 1.807) is 18.2 Å². The van der Waals surface area contributed by atoms with Crippen LogP contribution in [0.25, 0.3) is 0 Å². The number of ether oxygens (including phenoxy) is 2. The zero-order valence-electron chi connectivity index (χ0n) is 16.5. The zero-order chi connectivity index (χ0) is 22.0. The fourth-order valence-electron chi connectivity index (χ4n) is 3.54. The van der Waals surface area contributed by atoms with Crippen LogP contribution in [0.15, 0.2) is 36.4 Å². The third kappa shape index (κ3) is 4.88. The number of nitrogens with one attached hydrogen (secondary N) is 2. The summed E-state index contributed by atoms with van der Waals surface area (Å²) in [6.07, 6.45) is 0.829. The van der Waals surface area contributed by atoms with Crippen LogP contribution >= 0.6 is 0 Å². The first-order valence-corrected chi connectivity index (χ1v) is 11.5. The average molecular weight is 447 g/mol. The van der Waals surface area contributed by atoms with Gasteiger partial charge in [0.15, 0.2) is 11.5 Å². The summed E-state index contributed by atoms with van der Waals surface area (Å²) >= 11 is 0. The van der Waals surface area contributed by atoms with Gasteiger partial charge in [0.05, 0.1) is 22.0 Å². The number of fused-ring (bicyclic) bond motifs is 1. The van der Waals surface area contributed by atoms with Gasteiger partial charge in [-0.2, -0.15) is 0 Å². The van der Waals surface area contributed by atoms with Crippen LogP contribution in [-0.2, 0) is 16.4 Å². The Morgan fingerprint density at radius 1 is 1.10 bits per heavy atom. The molecule has 11 heteroatoms. The molecule has 0 bridgehead atoms. The highest BCUT2D eigenvalue weighted by Crippen LogP contribution is 2.32. The fraction of sp³-hybridized carbons (Fsp3) is 0.350. The van der Waals surface area contributed by atoms with Gasteiger partial charge in [-0.15, -0.1) is 0 Å². The van der Waals surface area contributed by atoms with Crippen molar-refractivity contribution in [1.82, 2.24) is 5.32 Å². The van der Waals surface area contributed by atoms with Crippen LogP contribution in [0.4, 0.5) is 11.4 Å². The van der Waals surface area contributed by atoms with Gasteiger partial charge < -0.3 is 20.1 Å². The van der Waals surface area contributed by atoms with Gasteiger partial charge in [0.25, 0.3) is 11.6 Å². The van der Waals surface area contributed by atoms with E-state index in [0.717, 1.165) is 5.56 Å². The number of rotatable bonds is 6. The minimum Gasteiger partial charge on any atom is -0.454 e. The molecular weight excluding hydrogens is 426 g/mol. The van der Waals surface area contributed by atoms with Crippen molar-refractivity contribution in [1.29, 1.82) is 0 Å². The maximum absolute atomic E-state index is 12.9. The van der Waals surface area contributed by atoms with Crippen molar-refractivity contribution < 1.29 is 27.6 Å². The van der Waals surface area contributed by atoms with E-state index >= 15 is 0 Å². The van der Waals surface area contributed by atoms with E-state index in [1.165, 1.54) is 18.2 Å². The van der Waals surface area contributed by atoms with Crippen molar-refractivity contribution in [3.63, 3.8) is 0 Å². The predicted octanol–water partition coefficient (Wildman–Crippen LogP) is 2.24. The number of hydrogen-bond donors (Lipinski definition) is 2. The molecule has 0 aromatic heterocycles. The third-order valence-corrected chi connectivity index (χ3v) is 6.98. The summed E-state index contributed by atoms with van der Waals surface area (Å²) in [5, 5.41) is 17.1. The quantitative estimate of drug-likeness (QED) is 0.508. The highest BCUT2D eigenvalue weighted by Gasteiger charge is 2.25. The Bertz CT molecular complexity index is 1120. The van der Waals surface area contributed by atoms with Gasteiger partial charge in [-0.3, -0.25) is 14.9 Å². The molecule has 4 rings (SSSR count). The molecule has 10 nitrogen and oxygen atoms in total. The largest absolute Gasteiger partial charge is 0.454 e. The summed E-state index contributed by atoms with van der Waals surface area (Å²) in [7, 11) is -3.02. The highest BCUT2D eigenvalue weighted by atomic mass is 32.2. The van der Waals surface area contributed by atoms with Crippen LogP contribution in [0.2, 0.25) is 0 Å². The standard InChI is InChI=1S/C20H21N3O7S/c24-20(21-11-13-1-4-18-19(9-13)30-12-29-18)16-10-15(23(25)26)2-3-17(16)22-14-5-7-31(27,28)8-6-14/h1-4,9-10,14,22H,5-8,11-12H2,(H,21,24). The number of carbonyl (C=O) groups is 1. The molecule has 2 heterocycles. The normalized spacial score (nSPS) is 17.2. The Hall–Kier alpha value is -3.34. The van der Waals surface area contributed by atoms with Gasteiger partial charge in [-0.05, 0) is 36.6 Å². The van der Waals surface area contributed by atoms with Gasteiger partial charge in [-0.1, -0.05) is 6.07 Å². The van der Waals surface area contributed by atoms with E-state index in [1.807, 2.05) is 0 Å². The minimum atomic E-state index is -3.02. The summed E-state index contributed by atoms with van der Waals surface area (Å²) in [6.45, 7) is 0.343. The number of nitro benzene ring substituents is 1. The van der Waals surface area contributed by atoms with Crippen LogP contribution in [0.3, 0.4) is 0 Å². The van der Waals surface area contributed by atoms with Crippen LogP contribution in [-0.4, -0.2) is 43.6 Å². The Morgan fingerprint density at radius 2 is 1.84 bits per heavy atom. The number of nitro groups is 1. The summed E-state index contributed by atoms with van der Waals surface area (Å²) in [5.74, 6) is 0.894. The first kappa shape index (κ1) is 20.9. The second kappa shape index (κ2) is 8.42. The Kier molecular flexibility index (Phi) is 5.68. The topological polar surface area (TPSA) is 137 Å². The monoisotopic (exact) mass is 447 g/mol. The summed E-state index contributed by atoms with van der Waals surface area (Å²) < 4.78 is 33.9. The average Bonchev–Trinajstić information content (AvgIpc) is 3.21. The molecule has 2 aromatic rings. The Labute approximate surface area is 178 Å². The second-order valence-corrected chi connectivity index (χ2v) is 9.73. The van der Waals surface area contributed by atoms with Crippen LogP contribution in [0.5, 0.6) is 11.5 Å². The van der Waals surface area contributed by atoms with Crippen molar-refractivity contribution >= 4 is 27.1 Å². The van der Waals surface area contributed by atoms with Gasteiger partial charge in [0, 0.05) is 30.4 Å². The molecule has 0 radical (unpaired) electrons. The number of benzene rings is 2. The molecule has 2 aliphatic rings. The van der Waals surface area contributed by atoms with Crippen molar-refractivity contribution in [2.45, 2.75) is 25.4 Å². The number of non-ortho nitro benzene ring substituents is 1. The van der Waals surface area contributed by atoms with Crippen molar-refractivity contribution in [3.05, 3.63) is 57.6 Å². The lowest BCUT2D eigenvalue weighted by molar-refractivity contribution is -0.384. The SMILES string of the molecule is O=C(NCc1ccc2c(c1)OCO2)c1cc([N+](=O)[O-])ccc1NC1CCS(=O)(=O)CC1. The molecule has 0 saturated carbocycles. The van der Waals surface area contributed by atoms with Crippen molar-refractivity contribution in [2.24, 2.45) is 0 Å². The number of nitrogens with zero attached hydrogens (tertiary/aromatic N) is 1. The number of sulfone groups is 1. The molecule has 1 saturated heterocycles. The maximum atomic E-state index is 12.9. The smallest absolute Gasteiger partial charge is 0.270 e. The maximum Gasteiger partial charge on any atom is 0.270 e. The molecule has 31 heavy (non-hydrogen) atoms. The van der Waals surface area contributed by atoms with Gasteiger partial charge >= 0.3 is 0 Å². The van der Waals surface area contributed by atoms with Crippen LogP contribution < -0.4 is 20.1 Å². The molecule has 0 aliphatic carbocycles. The molecule has 1 amide bonds. The van der Waals surface area contributed by atoms with E-state index in [4.69, 9.17) is 9.47 Å². The molecule has 0 spiro atoms. The minimum absolute atomic E-state index is 0.0727.